The smallest absolute Gasteiger partial charge is 0.161 e. The van der Waals surface area contributed by atoms with Gasteiger partial charge in [0.2, 0.25) is 0 Å². The van der Waals surface area contributed by atoms with Crippen molar-refractivity contribution in [1.29, 1.82) is 5.26 Å². The Morgan fingerprint density at radius 1 is 1.14 bits per heavy atom. The first-order valence-corrected chi connectivity index (χ1v) is 9.71. The van der Waals surface area contributed by atoms with Crippen LogP contribution in [0.15, 0.2) is 34.8 Å². The molecule has 5 nitrogen and oxygen atoms in total. The highest BCUT2D eigenvalue weighted by Crippen LogP contribution is 2.35. The Labute approximate surface area is 177 Å². The number of ether oxygens (including phenoxy) is 2. The van der Waals surface area contributed by atoms with E-state index < -0.39 is 0 Å². The summed E-state index contributed by atoms with van der Waals surface area (Å²) in [7, 11) is 3.23. The van der Waals surface area contributed by atoms with Crippen LogP contribution in [0.1, 0.15) is 22.5 Å². The monoisotopic (exact) mass is 459 g/mol. The third-order valence-corrected chi connectivity index (χ3v) is 5.68. The van der Waals surface area contributed by atoms with Gasteiger partial charge in [-0.2, -0.15) is 10.4 Å². The molecule has 0 atom stereocenters. The molecule has 28 heavy (non-hydrogen) atoms. The van der Waals surface area contributed by atoms with E-state index in [2.05, 4.69) is 22.0 Å². The molecule has 1 heterocycles. The molecule has 0 aliphatic carbocycles. The fraction of sp³-hybridized carbons (Fsp3) is 0.238. The van der Waals surface area contributed by atoms with Gasteiger partial charge in [0, 0.05) is 15.7 Å². The number of hydrogen-bond donors (Lipinski definition) is 0. The van der Waals surface area contributed by atoms with Gasteiger partial charge in [-0.25, -0.2) is 0 Å². The molecule has 0 saturated heterocycles. The number of rotatable bonds is 5. The van der Waals surface area contributed by atoms with Crippen LogP contribution in [-0.2, 0) is 6.54 Å². The number of hydrogen-bond acceptors (Lipinski definition) is 4. The predicted octanol–water partition coefficient (Wildman–Crippen LogP) is 5.52. The van der Waals surface area contributed by atoms with Gasteiger partial charge in [0.05, 0.1) is 37.0 Å². The average molecular weight is 461 g/mol. The van der Waals surface area contributed by atoms with Gasteiger partial charge in [-0.3, -0.25) is 4.68 Å². The summed E-state index contributed by atoms with van der Waals surface area (Å²) < 4.78 is 13.6. The zero-order chi connectivity index (χ0) is 20.4. The predicted molar refractivity (Wildman–Crippen MR) is 113 cm³/mol. The molecule has 0 saturated carbocycles. The number of aromatic nitrogens is 2. The number of halogens is 2. The molecule has 0 aliphatic rings. The Morgan fingerprint density at radius 3 is 2.43 bits per heavy atom. The maximum absolute atomic E-state index is 9.09. The van der Waals surface area contributed by atoms with E-state index >= 15 is 0 Å². The fourth-order valence-corrected chi connectivity index (χ4v) is 3.88. The number of methoxy groups -OCH3 is 2. The molecule has 0 amide bonds. The summed E-state index contributed by atoms with van der Waals surface area (Å²) in [6.07, 6.45) is 0. The molecule has 0 bridgehead atoms. The Kier molecular flexibility index (Phi) is 5.97. The van der Waals surface area contributed by atoms with Crippen molar-refractivity contribution in [1.82, 2.24) is 9.78 Å². The van der Waals surface area contributed by atoms with Crippen LogP contribution in [0.5, 0.6) is 11.5 Å². The maximum atomic E-state index is 9.09. The summed E-state index contributed by atoms with van der Waals surface area (Å²) in [5.41, 5.74) is 5.35. The first kappa shape index (κ1) is 20.2. The molecular formula is C21H19BrClN3O2. The quantitative estimate of drug-likeness (QED) is 0.503. The lowest BCUT2D eigenvalue weighted by Gasteiger charge is -2.13. The van der Waals surface area contributed by atoms with Gasteiger partial charge in [0.15, 0.2) is 11.5 Å². The van der Waals surface area contributed by atoms with Gasteiger partial charge in [-0.1, -0.05) is 33.6 Å². The number of aryl methyl sites for hydroxylation is 1. The van der Waals surface area contributed by atoms with Crippen molar-refractivity contribution in [2.24, 2.45) is 0 Å². The summed E-state index contributed by atoms with van der Waals surface area (Å²) in [5.74, 6) is 1.33. The van der Waals surface area contributed by atoms with Crippen LogP contribution in [0.4, 0.5) is 0 Å². The third-order valence-electron chi connectivity index (χ3n) is 4.63. The highest BCUT2D eigenvalue weighted by molar-refractivity contribution is 9.10. The highest BCUT2D eigenvalue weighted by Gasteiger charge is 2.17. The molecule has 0 N–H and O–H groups in total. The van der Waals surface area contributed by atoms with E-state index in [4.69, 9.17) is 31.4 Å². The fourth-order valence-electron chi connectivity index (χ4n) is 3.21. The van der Waals surface area contributed by atoms with Crippen LogP contribution in [0.25, 0.3) is 11.1 Å². The molecule has 0 unspecified atom stereocenters. The van der Waals surface area contributed by atoms with Crippen molar-refractivity contribution in [3.8, 4) is 28.7 Å². The van der Waals surface area contributed by atoms with E-state index in [9.17, 15) is 0 Å². The van der Waals surface area contributed by atoms with Gasteiger partial charge in [0.25, 0.3) is 0 Å². The SMILES string of the molecule is COc1cc(Br)c(Cn2nc(C)c(-c3ccc(C#N)c(Cl)c3)c2C)cc1OC. The van der Waals surface area contributed by atoms with Crippen LogP contribution in [0.2, 0.25) is 5.02 Å². The zero-order valence-corrected chi connectivity index (χ0v) is 18.3. The van der Waals surface area contributed by atoms with Crippen LogP contribution in [0, 0.1) is 25.2 Å². The number of nitrogens with zero attached hydrogens (tertiary/aromatic N) is 3. The van der Waals surface area contributed by atoms with Crippen molar-refractivity contribution in [3.63, 3.8) is 0 Å². The second-order valence-electron chi connectivity index (χ2n) is 6.31. The van der Waals surface area contributed by atoms with E-state index in [1.807, 2.05) is 42.8 Å². The minimum absolute atomic E-state index is 0.439. The highest BCUT2D eigenvalue weighted by atomic mass is 79.9. The van der Waals surface area contributed by atoms with Crippen LogP contribution in [-0.4, -0.2) is 24.0 Å². The topological polar surface area (TPSA) is 60.1 Å². The second kappa shape index (κ2) is 8.26. The van der Waals surface area contributed by atoms with Crippen molar-refractivity contribution in [3.05, 3.63) is 62.3 Å². The lowest BCUT2D eigenvalue weighted by Crippen LogP contribution is -2.05. The molecule has 0 aliphatic heterocycles. The molecule has 7 heteroatoms. The second-order valence-corrected chi connectivity index (χ2v) is 7.57. The molecule has 3 aromatic rings. The van der Waals surface area contributed by atoms with Gasteiger partial charge in [0.1, 0.15) is 6.07 Å². The molecule has 0 spiro atoms. The standard InChI is InChI=1S/C21H19BrClN3O2/c1-12-21(14-5-6-15(10-24)18(23)7-14)13(2)26(25-12)11-16-8-19(27-3)20(28-4)9-17(16)22/h5-9H,11H2,1-4H3. The van der Waals surface area contributed by atoms with E-state index in [1.54, 1.807) is 20.3 Å². The summed E-state index contributed by atoms with van der Waals surface area (Å²) >= 11 is 9.83. The summed E-state index contributed by atoms with van der Waals surface area (Å²) in [6, 6.07) is 11.4. The summed E-state index contributed by atoms with van der Waals surface area (Å²) in [4.78, 5) is 0. The van der Waals surface area contributed by atoms with Crippen molar-refractivity contribution in [2.75, 3.05) is 14.2 Å². The first-order valence-electron chi connectivity index (χ1n) is 8.54. The molecule has 0 radical (unpaired) electrons. The van der Waals surface area contributed by atoms with E-state index in [-0.39, 0.29) is 0 Å². The van der Waals surface area contributed by atoms with E-state index in [0.717, 1.165) is 32.6 Å². The largest absolute Gasteiger partial charge is 0.493 e. The molecule has 144 valence electrons. The Balaban J connectivity index is 2.02. The van der Waals surface area contributed by atoms with Gasteiger partial charge < -0.3 is 9.47 Å². The molecule has 2 aromatic carbocycles. The summed E-state index contributed by atoms with van der Waals surface area (Å²) in [5, 5.41) is 14.2. The van der Waals surface area contributed by atoms with Crippen LogP contribution in [0.3, 0.4) is 0 Å². The van der Waals surface area contributed by atoms with Crippen molar-refractivity contribution in [2.45, 2.75) is 20.4 Å². The zero-order valence-electron chi connectivity index (χ0n) is 16.0. The van der Waals surface area contributed by atoms with E-state index in [0.29, 0.717) is 28.6 Å². The minimum atomic E-state index is 0.439. The van der Waals surface area contributed by atoms with Crippen molar-refractivity contribution >= 4 is 27.5 Å². The Hall–Kier alpha value is -2.49. The normalized spacial score (nSPS) is 10.6. The maximum Gasteiger partial charge on any atom is 0.161 e. The lowest BCUT2D eigenvalue weighted by molar-refractivity contribution is 0.354. The van der Waals surface area contributed by atoms with Crippen molar-refractivity contribution < 1.29 is 9.47 Å². The molecule has 3 rings (SSSR count). The Morgan fingerprint density at radius 2 is 1.82 bits per heavy atom. The van der Waals surface area contributed by atoms with Gasteiger partial charge in [-0.05, 0) is 49.2 Å². The van der Waals surface area contributed by atoms with E-state index in [1.165, 1.54) is 0 Å². The lowest BCUT2D eigenvalue weighted by atomic mass is 10.0. The number of benzene rings is 2. The minimum Gasteiger partial charge on any atom is -0.493 e. The molecule has 1 aromatic heterocycles. The summed E-state index contributed by atoms with van der Waals surface area (Å²) in [6.45, 7) is 4.56. The van der Waals surface area contributed by atoms with Gasteiger partial charge >= 0.3 is 0 Å². The number of nitriles is 1. The van der Waals surface area contributed by atoms with Gasteiger partial charge in [-0.15, -0.1) is 0 Å². The average Bonchev–Trinajstić information content (AvgIpc) is 2.96. The molecular weight excluding hydrogens is 442 g/mol. The molecule has 0 fully saturated rings. The Bertz CT molecular complexity index is 1090. The van der Waals surface area contributed by atoms with Crippen LogP contribution < -0.4 is 9.47 Å². The third kappa shape index (κ3) is 3.73. The first-order chi connectivity index (χ1) is 13.4. The van der Waals surface area contributed by atoms with Crippen LogP contribution >= 0.6 is 27.5 Å².